The molecule has 2 amide bonds. The Morgan fingerprint density at radius 3 is 2.68 bits per heavy atom. The van der Waals surface area contributed by atoms with Gasteiger partial charge in [-0.05, 0) is 23.8 Å². The molecule has 2 aliphatic heterocycles. The minimum atomic E-state index is -0.607. The molecule has 0 saturated carbocycles. The van der Waals surface area contributed by atoms with Crippen LogP contribution >= 0.6 is 22.9 Å². The van der Waals surface area contributed by atoms with Gasteiger partial charge < -0.3 is 19.6 Å². The first-order valence-electron chi connectivity index (χ1n) is 10.2. The molecule has 7 nitrogen and oxygen atoms in total. The van der Waals surface area contributed by atoms with E-state index in [0.29, 0.717) is 43.4 Å². The van der Waals surface area contributed by atoms with Gasteiger partial charge in [0.15, 0.2) is 0 Å². The van der Waals surface area contributed by atoms with E-state index in [1.165, 1.54) is 11.3 Å². The van der Waals surface area contributed by atoms with Crippen molar-refractivity contribution in [3.8, 4) is 0 Å². The van der Waals surface area contributed by atoms with E-state index in [1.54, 1.807) is 4.90 Å². The number of H-pyrrole nitrogens is 1. The van der Waals surface area contributed by atoms with Crippen molar-refractivity contribution in [2.75, 3.05) is 26.2 Å². The molecule has 160 valence electrons. The van der Waals surface area contributed by atoms with Crippen LogP contribution in [-0.4, -0.2) is 64.6 Å². The first-order chi connectivity index (χ1) is 15.1. The third kappa shape index (κ3) is 4.05. The molecule has 3 aromatic rings. The molecule has 4 heterocycles. The maximum Gasteiger partial charge on any atom is 0.267 e. The number of oxime groups is 1. The normalized spacial score (nSPS) is 18.9. The van der Waals surface area contributed by atoms with Crippen LogP contribution in [0.1, 0.15) is 16.9 Å². The summed E-state index contributed by atoms with van der Waals surface area (Å²) >= 11 is 7.41. The Bertz CT molecular complexity index is 1160. The number of nitrogens with one attached hydrogen (secondary N) is 1. The lowest BCUT2D eigenvalue weighted by Crippen LogP contribution is -2.53. The van der Waals surface area contributed by atoms with Crippen molar-refractivity contribution in [2.24, 2.45) is 5.16 Å². The molecular weight excluding hydrogens is 436 g/mol. The maximum atomic E-state index is 12.9. The highest BCUT2D eigenvalue weighted by molar-refractivity contribution is 7.18. The van der Waals surface area contributed by atoms with Gasteiger partial charge in [0.1, 0.15) is 5.71 Å². The molecule has 2 aromatic heterocycles. The van der Waals surface area contributed by atoms with Crippen molar-refractivity contribution in [3.05, 3.63) is 57.4 Å². The quantitative estimate of drug-likeness (QED) is 0.654. The lowest BCUT2D eigenvalue weighted by molar-refractivity contribution is -0.146. The second-order valence-corrected chi connectivity index (χ2v) is 9.40. The number of para-hydroxylation sites is 1. The molecule has 5 rings (SSSR count). The number of halogens is 1. The van der Waals surface area contributed by atoms with Gasteiger partial charge in [0.05, 0.1) is 15.6 Å². The molecule has 2 aliphatic rings. The predicted octanol–water partition coefficient (Wildman–Crippen LogP) is 3.29. The highest BCUT2D eigenvalue weighted by Crippen LogP contribution is 2.27. The maximum absolute atomic E-state index is 12.9. The zero-order valence-corrected chi connectivity index (χ0v) is 18.3. The van der Waals surface area contributed by atoms with Crippen LogP contribution in [-0.2, 0) is 20.8 Å². The van der Waals surface area contributed by atoms with Gasteiger partial charge in [-0.1, -0.05) is 35.0 Å². The summed E-state index contributed by atoms with van der Waals surface area (Å²) in [4.78, 5) is 38.8. The lowest BCUT2D eigenvalue weighted by atomic mass is 10.1. The van der Waals surface area contributed by atoms with Crippen LogP contribution in [0.15, 0.2) is 47.8 Å². The summed E-state index contributed by atoms with van der Waals surface area (Å²) in [5.41, 5.74) is 2.78. The molecule has 0 aliphatic carbocycles. The number of carbonyl (C=O) groups is 2. The van der Waals surface area contributed by atoms with Gasteiger partial charge in [-0.3, -0.25) is 9.59 Å². The third-order valence-corrected chi connectivity index (χ3v) is 7.04. The predicted molar refractivity (Wildman–Crippen MR) is 121 cm³/mol. The standard InChI is InChI=1S/C22H21ClN4O3S/c23-20-6-5-19(31-20)17-12-18(30-25-17)22(29)27-9-7-26(8-10-27)21(28)11-14-13-24-16-4-2-1-3-15(14)16/h1-6,13,18,24H,7-12H2. The van der Waals surface area contributed by atoms with Gasteiger partial charge in [-0.15, -0.1) is 11.3 Å². The van der Waals surface area contributed by atoms with Crippen LogP contribution in [0, 0.1) is 0 Å². The van der Waals surface area contributed by atoms with Gasteiger partial charge in [-0.2, -0.15) is 0 Å². The Kier molecular flexibility index (Phi) is 5.41. The molecule has 0 spiro atoms. The molecule has 1 aromatic carbocycles. The second-order valence-electron chi connectivity index (χ2n) is 7.68. The number of amides is 2. The number of fused-ring (bicyclic) bond motifs is 1. The van der Waals surface area contributed by atoms with Crippen LogP contribution in [0.4, 0.5) is 0 Å². The van der Waals surface area contributed by atoms with Gasteiger partial charge in [-0.25, -0.2) is 0 Å². The SMILES string of the molecule is O=C(Cc1c[nH]c2ccccc12)N1CCN(C(=O)C2CC(c3ccc(Cl)s3)=NO2)CC1. The van der Waals surface area contributed by atoms with Gasteiger partial charge in [0, 0.05) is 49.7 Å². The molecule has 1 atom stereocenters. The molecule has 1 saturated heterocycles. The fraction of sp³-hybridized carbons (Fsp3) is 0.318. The number of thiophene rings is 1. The van der Waals surface area contributed by atoms with Crippen molar-refractivity contribution in [1.82, 2.24) is 14.8 Å². The average molecular weight is 457 g/mol. The molecular formula is C22H21ClN4O3S. The minimum absolute atomic E-state index is 0.0779. The van der Waals surface area contributed by atoms with E-state index in [0.717, 1.165) is 27.1 Å². The fourth-order valence-corrected chi connectivity index (χ4v) is 5.09. The van der Waals surface area contributed by atoms with Crippen LogP contribution < -0.4 is 0 Å². The Labute approximate surface area is 188 Å². The Morgan fingerprint density at radius 2 is 1.90 bits per heavy atom. The topological polar surface area (TPSA) is 78.0 Å². The monoisotopic (exact) mass is 456 g/mol. The first kappa shape index (κ1) is 20.1. The van der Waals surface area contributed by atoms with Crippen LogP contribution in [0.3, 0.4) is 0 Å². The Balaban J connectivity index is 1.14. The summed E-state index contributed by atoms with van der Waals surface area (Å²) in [5, 5.41) is 5.15. The summed E-state index contributed by atoms with van der Waals surface area (Å²) in [6.45, 7) is 2.04. The number of hydrogen-bond donors (Lipinski definition) is 1. The summed E-state index contributed by atoms with van der Waals surface area (Å²) in [6.07, 6.45) is 2.09. The highest BCUT2D eigenvalue weighted by atomic mass is 35.5. The minimum Gasteiger partial charge on any atom is -0.382 e. The van der Waals surface area contributed by atoms with E-state index in [4.69, 9.17) is 16.4 Å². The van der Waals surface area contributed by atoms with E-state index >= 15 is 0 Å². The van der Waals surface area contributed by atoms with Crippen molar-refractivity contribution >= 4 is 51.4 Å². The molecule has 1 N–H and O–H groups in total. The number of piperazine rings is 1. The van der Waals surface area contributed by atoms with Gasteiger partial charge in [0.2, 0.25) is 12.0 Å². The third-order valence-electron chi connectivity index (χ3n) is 5.76. The summed E-state index contributed by atoms with van der Waals surface area (Å²) < 4.78 is 0.681. The smallest absolute Gasteiger partial charge is 0.267 e. The number of hydrogen-bond acceptors (Lipinski definition) is 5. The summed E-state index contributed by atoms with van der Waals surface area (Å²) in [6, 6.07) is 11.7. The van der Waals surface area contributed by atoms with Crippen LogP contribution in [0.25, 0.3) is 10.9 Å². The van der Waals surface area contributed by atoms with E-state index in [9.17, 15) is 9.59 Å². The number of rotatable bonds is 4. The summed E-state index contributed by atoms with van der Waals surface area (Å²) in [7, 11) is 0. The fourth-order valence-electron chi connectivity index (χ4n) is 4.06. The van der Waals surface area contributed by atoms with Crippen molar-refractivity contribution < 1.29 is 14.4 Å². The molecule has 1 unspecified atom stereocenters. The zero-order chi connectivity index (χ0) is 21.4. The van der Waals surface area contributed by atoms with Crippen LogP contribution in [0.2, 0.25) is 4.34 Å². The number of aromatic amines is 1. The largest absolute Gasteiger partial charge is 0.382 e. The van der Waals surface area contributed by atoms with Gasteiger partial charge in [0.25, 0.3) is 5.91 Å². The highest BCUT2D eigenvalue weighted by Gasteiger charge is 2.34. The van der Waals surface area contributed by atoms with E-state index < -0.39 is 6.10 Å². The lowest BCUT2D eigenvalue weighted by Gasteiger charge is -2.35. The second kappa shape index (κ2) is 8.36. The number of aromatic nitrogens is 1. The van der Waals surface area contributed by atoms with E-state index in [2.05, 4.69) is 10.1 Å². The molecule has 0 radical (unpaired) electrons. The Hall–Kier alpha value is -2.84. The van der Waals surface area contributed by atoms with Crippen molar-refractivity contribution in [2.45, 2.75) is 18.9 Å². The average Bonchev–Trinajstić information content (AvgIpc) is 3.53. The van der Waals surface area contributed by atoms with Crippen LogP contribution in [0.5, 0.6) is 0 Å². The number of carbonyl (C=O) groups excluding carboxylic acids is 2. The summed E-state index contributed by atoms with van der Waals surface area (Å²) in [5.74, 6) is -0.000655. The molecule has 1 fully saturated rings. The van der Waals surface area contributed by atoms with E-state index in [1.807, 2.05) is 47.5 Å². The molecule has 9 heteroatoms. The molecule has 31 heavy (non-hydrogen) atoms. The number of benzene rings is 1. The van der Waals surface area contributed by atoms with Crippen molar-refractivity contribution in [1.29, 1.82) is 0 Å². The van der Waals surface area contributed by atoms with Gasteiger partial charge >= 0.3 is 0 Å². The Morgan fingerprint density at radius 1 is 1.13 bits per heavy atom. The first-order valence-corrected chi connectivity index (χ1v) is 11.4. The van der Waals surface area contributed by atoms with E-state index in [-0.39, 0.29) is 11.8 Å². The van der Waals surface area contributed by atoms with Crippen molar-refractivity contribution in [3.63, 3.8) is 0 Å². The number of nitrogens with zero attached hydrogens (tertiary/aromatic N) is 3. The molecule has 0 bridgehead atoms. The zero-order valence-electron chi connectivity index (χ0n) is 16.7.